The molecule has 0 bridgehead atoms. The molecule has 0 aliphatic rings. The van der Waals surface area contributed by atoms with Crippen molar-refractivity contribution < 1.29 is 17.9 Å². The van der Waals surface area contributed by atoms with Gasteiger partial charge in [0.05, 0.1) is 18.4 Å². The van der Waals surface area contributed by atoms with E-state index < -0.39 is 15.8 Å². The van der Waals surface area contributed by atoms with Gasteiger partial charge >= 0.3 is 5.97 Å². The molecule has 0 unspecified atom stereocenters. The Morgan fingerprint density at radius 3 is 2.26 bits per heavy atom. The van der Waals surface area contributed by atoms with Gasteiger partial charge in [0.2, 0.25) is 0 Å². The maximum Gasteiger partial charge on any atom is 0.338 e. The Morgan fingerprint density at radius 2 is 1.84 bits per heavy atom. The van der Waals surface area contributed by atoms with Crippen molar-refractivity contribution in [3.05, 3.63) is 28.8 Å². The Bertz CT molecular complexity index is 550. The van der Waals surface area contributed by atoms with Crippen LogP contribution >= 0.6 is 0 Å². The molecule has 6 heteroatoms. The van der Waals surface area contributed by atoms with Gasteiger partial charge in [0.1, 0.15) is 0 Å². The molecule has 1 rings (SSSR count). The molecule has 19 heavy (non-hydrogen) atoms. The van der Waals surface area contributed by atoms with Crippen LogP contribution in [0.2, 0.25) is 0 Å². The number of hydrogen-bond donors (Lipinski definition) is 1. The van der Waals surface area contributed by atoms with Gasteiger partial charge in [-0.25, -0.2) is 13.2 Å². The molecule has 1 aromatic carbocycles. The number of carbonyl (C=O) groups is 1. The van der Waals surface area contributed by atoms with E-state index in [0.29, 0.717) is 11.3 Å². The first kappa shape index (κ1) is 17.4. The molecule has 0 saturated heterocycles. The highest BCUT2D eigenvalue weighted by Crippen LogP contribution is 2.21. The fourth-order valence-electron chi connectivity index (χ4n) is 1.49. The zero-order valence-electron chi connectivity index (χ0n) is 12.0. The smallest absolute Gasteiger partial charge is 0.338 e. The van der Waals surface area contributed by atoms with Gasteiger partial charge in [-0.3, -0.25) is 0 Å². The summed E-state index contributed by atoms with van der Waals surface area (Å²) in [6.45, 7) is 5.75. The molecule has 0 amide bonds. The summed E-state index contributed by atoms with van der Waals surface area (Å²) in [5, 5.41) is 0. The summed E-state index contributed by atoms with van der Waals surface area (Å²) < 4.78 is 27.2. The Labute approximate surface area is 114 Å². The quantitative estimate of drug-likeness (QED) is 0.678. The van der Waals surface area contributed by atoms with Crippen LogP contribution in [-0.4, -0.2) is 27.8 Å². The minimum atomic E-state index is -3.22. The Balaban J connectivity index is 0.00000154. The fraction of sp³-hybridized carbons (Fsp3) is 0.462. The fourth-order valence-corrected chi connectivity index (χ4v) is 2.29. The van der Waals surface area contributed by atoms with Crippen molar-refractivity contribution in [1.29, 1.82) is 0 Å². The monoisotopic (exact) mass is 287 g/mol. The third-order valence-electron chi connectivity index (χ3n) is 2.31. The molecule has 108 valence electrons. The van der Waals surface area contributed by atoms with Gasteiger partial charge in [0.15, 0.2) is 9.84 Å². The van der Waals surface area contributed by atoms with E-state index in [1.807, 2.05) is 13.8 Å². The molecule has 5 nitrogen and oxygen atoms in total. The number of benzene rings is 1. The Morgan fingerprint density at radius 1 is 1.32 bits per heavy atom. The van der Waals surface area contributed by atoms with Gasteiger partial charge in [-0.1, -0.05) is 19.9 Å². The maximum atomic E-state index is 11.5. The molecule has 0 atom stereocenters. The molecule has 0 fully saturated rings. The van der Waals surface area contributed by atoms with Gasteiger partial charge in [0, 0.05) is 11.9 Å². The van der Waals surface area contributed by atoms with Gasteiger partial charge in [0.25, 0.3) is 0 Å². The molecular formula is C13H21NO4S. The predicted octanol–water partition coefficient (Wildman–Crippen LogP) is 1.93. The van der Waals surface area contributed by atoms with E-state index in [4.69, 9.17) is 5.73 Å². The molecule has 0 spiro atoms. The van der Waals surface area contributed by atoms with Crippen LogP contribution in [0.15, 0.2) is 12.1 Å². The lowest BCUT2D eigenvalue weighted by Gasteiger charge is -2.10. The molecule has 0 heterocycles. The van der Waals surface area contributed by atoms with E-state index in [9.17, 15) is 13.2 Å². The second-order valence-corrected chi connectivity index (χ2v) is 6.07. The first-order chi connectivity index (χ1) is 8.74. The Hall–Kier alpha value is -1.56. The van der Waals surface area contributed by atoms with E-state index in [-0.39, 0.29) is 11.3 Å². The maximum absolute atomic E-state index is 11.5. The number of sulfone groups is 1. The second kappa shape index (κ2) is 7.13. The van der Waals surface area contributed by atoms with Crippen LogP contribution in [0.3, 0.4) is 0 Å². The van der Waals surface area contributed by atoms with Gasteiger partial charge < -0.3 is 10.5 Å². The van der Waals surface area contributed by atoms with E-state index in [1.165, 1.54) is 13.2 Å². The number of aryl methyl sites for hydroxylation is 1. The number of carbonyl (C=O) groups excluding carboxylic acids is 1. The minimum Gasteiger partial charge on any atom is -0.465 e. The van der Waals surface area contributed by atoms with Crippen LogP contribution in [0, 0.1) is 6.92 Å². The highest BCUT2D eigenvalue weighted by molar-refractivity contribution is 7.89. The number of hydrogen-bond acceptors (Lipinski definition) is 5. The van der Waals surface area contributed by atoms with Gasteiger partial charge in [-0.2, -0.15) is 0 Å². The number of anilines is 1. The summed E-state index contributed by atoms with van der Waals surface area (Å²) in [5.41, 5.74) is 7.46. The van der Waals surface area contributed by atoms with Gasteiger partial charge in [-0.15, -0.1) is 0 Å². The number of esters is 1. The number of nitrogen functional groups attached to an aromatic ring is 1. The van der Waals surface area contributed by atoms with Crippen LogP contribution in [0.5, 0.6) is 0 Å². The summed E-state index contributed by atoms with van der Waals surface area (Å²) in [7, 11) is -1.98. The number of rotatable bonds is 3. The molecule has 0 aromatic heterocycles. The summed E-state index contributed by atoms with van der Waals surface area (Å²) in [6, 6.07) is 3.05. The van der Waals surface area contributed by atoms with Crippen molar-refractivity contribution in [2.24, 2.45) is 0 Å². The number of methoxy groups -OCH3 is 1. The van der Waals surface area contributed by atoms with Crippen LogP contribution in [0.4, 0.5) is 5.69 Å². The molecule has 0 aliphatic carbocycles. The highest BCUT2D eigenvalue weighted by atomic mass is 32.2. The topological polar surface area (TPSA) is 86.5 Å². The first-order valence-electron chi connectivity index (χ1n) is 5.89. The van der Waals surface area contributed by atoms with E-state index in [0.717, 1.165) is 11.8 Å². The molecule has 0 radical (unpaired) electrons. The van der Waals surface area contributed by atoms with Gasteiger partial charge in [-0.05, 0) is 24.1 Å². The lowest BCUT2D eigenvalue weighted by Crippen LogP contribution is -2.11. The molecule has 1 aromatic rings. The third kappa shape index (κ3) is 5.30. The average molecular weight is 287 g/mol. The molecular weight excluding hydrogens is 266 g/mol. The minimum absolute atomic E-state index is 0.195. The zero-order chi connectivity index (χ0) is 15.2. The van der Waals surface area contributed by atoms with Crippen molar-refractivity contribution in [2.45, 2.75) is 26.5 Å². The van der Waals surface area contributed by atoms with Crippen molar-refractivity contribution in [3.63, 3.8) is 0 Å². The summed E-state index contributed by atoms with van der Waals surface area (Å²) >= 11 is 0. The Kier molecular flexibility index (Phi) is 6.55. The van der Waals surface area contributed by atoms with Crippen LogP contribution in [0.25, 0.3) is 0 Å². The van der Waals surface area contributed by atoms with Crippen LogP contribution in [0.1, 0.15) is 35.3 Å². The molecule has 0 aliphatic heterocycles. The third-order valence-corrected chi connectivity index (χ3v) is 3.15. The average Bonchev–Trinajstić information content (AvgIpc) is 2.33. The number of ether oxygens (including phenoxy) is 1. The van der Waals surface area contributed by atoms with Crippen molar-refractivity contribution in [2.75, 3.05) is 19.1 Å². The largest absolute Gasteiger partial charge is 0.465 e. The standard InChI is InChI=1S/C11H15NO4S.C2H6/c1-7-4-8(6-17(3,14)15)9(5-10(7)12)11(13)16-2;1-2/h4-5H,6,12H2,1-3H3;1-2H3. The molecule has 2 N–H and O–H groups in total. The first-order valence-corrected chi connectivity index (χ1v) is 7.95. The van der Waals surface area contributed by atoms with Crippen molar-refractivity contribution >= 4 is 21.5 Å². The van der Waals surface area contributed by atoms with Crippen LogP contribution < -0.4 is 5.73 Å². The van der Waals surface area contributed by atoms with Crippen molar-refractivity contribution in [1.82, 2.24) is 0 Å². The zero-order valence-corrected chi connectivity index (χ0v) is 12.8. The van der Waals surface area contributed by atoms with Crippen LogP contribution in [-0.2, 0) is 20.3 Å². The summed E-state index contributed by atoms with van der Waals surface area (Å²) in [6.07, 6.45) is 1.11. The lowest BCUT2D eigenvalue weighted by molar-refractivity contribution is 0.0600. The summed E-state index contributed by atoms with van der Waals surface area (Å²) in [5.74, 6) is -0.797. The summed E-state index contributed by atoms with van der Waals surface area (Å²) in [4.78, 5) is 11.5. The molecule has 0 saturated carbocycles. The normalized spacial score (nSPS) is 10.4. The second-order valence-electron chi connectivity index (χ2n) is 3.93. The lowest BCUT2D eigenvalue weighted by atomic mass is 10.0. The van der Waals surface area contributed by atoms with E-state index >= 15 is 0 Å². The van der Waals surface area contributed by atoms with Crippen molar-refractivity contribution in [3.8, 4) is 0 Å². The van der Waals surface area contributed by atoms with E-state index in [2.05, 4.69) is 4.74 Å². The predicted molar refractivity (Wildman–Crippen MR) is 76.8 cm³/mol. The van der Waals surface area contributed by atoms with E-state index in [1.54, 1.807) is 13.0 Å². The number of nitrogens with two attached hydrogens (primary N) is 1. The SMILES string of the molecule is CC.COC(=O)c1cc(N)c(C)cc1CS(C)(=O)=O. The highest BCUT2D eigenvalue weighted by Gasteiger charge is 2.17.